The first kappa shape index (κ1) is 10.3. The van der Waals surface area contributed by atoms with Gasteiger partial charge in [-0.05, 0) is 12.8 Å². The highest BCUT2D eigenvalue weighted by Crippen LogP contribution is 2.40. The van der Waals surface area contributed by atoms with Gasteiger partial charge in [0.25, 0.3) is 0 Å². The lowest BCUT2D eigenvalue weighted by molar-refractivity contribution is -0.199. The highest BCUT2D eigenvalue weighted by molar-refractivity contribution is 5.75. The standard InChI is InChI=1S/C8H12F3NO/c1-2-7(13)12-6-3-5(4-6)8(9,10)11/h5-6H,2-4H2,1H3,(H,12,13). The maximum Gasteiger partial charge on any atom is 0.391 e. The van der Waals surface area contributed by atoms with E-state index in [0.717, 1.165) is 0 Å². The van der Waals surface area contributed by atoms with Gasteiger partial charge in [-0.1, -0.05) is 6.92 Å². The van der Waals surface area contributed by atoms with Crippen LogP contribution in [0.4, 0.5) is 13.2 Å². The topological polar surface area (TPSA) is 29.1 Å². The molecular weight excluding hydrogens is 183 g/mol. The van der Waals surface area contributed by atoms with Gasteiger partial charge in [0.1, 0.15) is 0 Å². The Morgan fingerprint density at radius 1 is 1.46 bits per heavy atom. The molecule has 0 atom stereocenters. The minimum Gasteiger partial charge on any atom is -0.353 e. The number of rotatable bonds is 2. The van der Waals surface area contributed by atoms with Gasteiger partial charge in [0.2, 0.25) is 5.91 Å². The van der Waals surface area contributed by atoms with E-state index in [2.05, 4.69) is 5.32 Å². The SMILES string of the molecule is CCC(=O)NC1CC(C(F)(F)F)C1. The molecule has 0 bridgehead atoms. The molecule has 2 nitrogen and oxygen atoms in total. The van der Waals surface area contributed by atoms with Gasteiger partial charge in [0.05, 0.1) is 5.92 Å². The molecule has 1 saturated carbocycles. The summed E-state index contributed by atoms with van der Waals surface area (Å²) in [5.74, 6) is -1.39. The molecule has 13 heavy (non-hydrogen) atoms. The number of nitrogens with one attached hydrogen (secondary N) is 1. The fourth-order valence-electron chi connectivity index (χ4n) is 1.33. The van der Waals surface area contributed by atoms with Gasteiger partial charge < -0.3 is 5.32 Å². The maximum absolute atomic E-state index is 12.0. The van der Waals surface area contributed by atoms with Crippen molar-refractivity contribution in [3.05, 3.63) is 0 Å². The summed E-state index contributed by atoms with van der Waals surface area (Å²) in [6.07, 6.45) is -3.69. The van der Waals surface area contributed by atoms with E-state index in [-0.39, 0.29) is 24.8 Å². The van der Waals surface area contributed by atoms with E-state index in [9.17, 15) is 18.0 Å². The zero-order valence-electron chi connectivity index (χ0n) is 7.32. The molecule has 1 amide bonds. The molecule has 0 spiro atoms. The Morgan fingerprint density at radius 3 is 2.38 bits per heavy atom. The van der Waals surface area contributed by atoms with Crippen LogP contribution < -0.4 is 5.32 Å². The fraction of sp³-hybridized carbons (Fsp3) is 0.875. The van der Waals surface area contributed by atoms with E-state index in [4.69, 9.17) is 0 Å². The van der Waals surface area contributed by atoms with Gasteiger partial charge in [0, 0.05) is 12.5 Å². The van der Waals surface area contributed by atoms with E-state index in [1.165, 1.54) is 0 Å². The van der Waals surface area contributed by atoms with Crippen LogP contribution in [0.15, 0.2) is 0 Å². The monoisotopic (exact) mass is 195 g/mol. The zero-order chi connectivity index (χ0) is 10.1. The quantitative estimate of drug-likeness (QED) is 0.715. The van der Waals surface area contributed by atoms with Crippen molar-refractivity contribution in [2.75, 3.05) is 0 Å². The Bertz CT molecular complexity index is 196. The molecule has 0 aromatic carbocycles. The summed E-state index contributed by atoms with van der Waals surface area (Å²) in [6.45, 7) is 1.68. The number of alkyl halides is 3. The number of hydrogen-bond donors (Lipinski definition) is 1. The number of halogens is 3. The molecule has 0 unspecified atom stereocenters. The molecule has 1 aliphatic carbocycles. The smallest absolute Gasteiger partial charge is 0.353 e. The lowest BCUT2D eigenvalue weighted by Crippen LogP contribution is -2.48. The van der Waals surface area contributed by atoms with Gasteiger partial charge in [0.15, 0.2) is 0 Å². The Morgan fingerprint density at radius 2 is 2.00 bits per heavy atom. The van der Waals surface area contributed by atoms with E-state index in [0.29, 0.717) is 6.42 Å². The summed E-state index contributed by atoms with van der Waals surface area (Å²) in [6, 6.07) is -0.265. The number of carbonyl (C=O) groups is 1. The van der Waals surface area contributed by atoms with Gasteiger partial charge in [-0.25, -0.2) is 0 Å². The summed E-state index contributed by atoms with van der Waals surface area (Å²) >= 11 is 0. The average Bonchev–Trinajstić information content (AvgIpc) is 1.92. The molecule has 1 aliphatic rings. The van der Waals surface area contributed by atoms with Crippen molar-refractivity contribution >= 4 is 5.91 Å². The first-order valence-electron chi connectivity index (χ1n) is 4.29. The fourth-order valence-corrected chi connectivity index (χ4v) is 1.33. The second-order valence-corrected chi connectivity index (χ2v) is 3.33. The summed E-state index contributed by atoms with van der Waals surface area (Å²) in [4.78, 5) is 10.8. The van der Waals surface area contributed by atoms with Crippen LogP contribution in [0.1, 0.15) is 26.2 Å². The summed E-state index contributed by atoms with van der Waals surface area (Å²) < 4.78 is 35.9. The molecular formula is C8H12F3NO. The van der Waals surface area contributed by atoms with Crippen LogP contribution in [0.25, 0.3) is 0 Å². The lowest BCUT2D eigenvalue weighted by atomic mass is 9.80. The van der Waals surface area contributed by atoms with Crippen molar-refractivity contribution in [3.63, 3.8) is 0 Å². The van der Waals surface area contributed by atoms with E-state index in [1.807, 2.05) is 0 Å². The first-order valence-corrected chi connectivity index (χ1v) is 4.29. The lowest BCUT2D eigenvalue weighted by Gasteiger charge is -2.36. The summed E-state index contributed by atoms with van der Waals surface area (Å²) in [7, 11) is 0. The number of amides is 1. The molecule has 76 valence electrons. The van der Waals surface area contributed by atoms with Crippen molar-refractivity contribution in [2.45, 2.75) is 38.4 Å². The van der Waals surface area contributed by atoms with E-state index < -0.39 is 12.1 Å². The van der Waals surface area contributed by atoms with Gasteiger partial charge in [-0.3, -0.25) is 4.79 Å². The highest BCUT2D eigenvalue weighted by Gasteiger charge is 2.47. The second-order valence-electron chi connectivity index (χ2n) is 3.33. The maximum atomic E-state index is 12.0. The average molecular weight is 195 g/mol. The Balaban J connectivity index is 2.22. The van der Waals surface area contributed by atoms with Crippen LogP contribution in [0, 0.1) is 5.92 Å². The molecule has 0 saturated heterocycles. The number of carbonyl (C=O) groups excluding carboxylic acids is 1. The van der Waals surface area contributed by atoms with Crippen molar-refractivity contribution < 1.29 is 18.0 Å². The van der Waals surface area contributed by atoms with Crippen molar-refractivity contribution in [2.24, 2.45) is 5.92 Å². The normalized spacial score (nSPS) is 28.0. The van der Waals surface area contributed by atoms with Crippen LogP contribution in [0.5, 0.6) is 0 Å². The Kier molecular flexibility index (Phi) is 2.83. The predicted octanol–water partition coefficient (Wildman–Crippen LogP) is 1.85. The third kappa shape index (κ3) is 2.60. The second kappa shape index (κ2) is 3.55. The molecule has 5 heteroatoms. The summed E-state index contributed by atoms with van der Waals surface area (Å²) in [5, 5.41) is 2.53. The molecule has 0 aromatic rings. The van der Waals surface area contributed by atoms with Crippen LogP contribution in [-0.2, 0) is 4.79 Å². The van der Waals surface area contributed by atoms with Crippen LogP contribution in [0.2, 0.25) is 0 Å². The predicted molar refractivity (Wildman–Crippen MR) is 41.0 cm³/mol. The Hall–Kier alpha value is -0.740. The van der Waals surface area contributed by atoms with Gasteiger partial charge >= 0.3 is 6.18 Å². The van der Waals surface area contributed by atoms with Crippen molar-refractivity contribution in [1.82, 2.24) is 5.32 Å². The first-order chi connectivity index (χ1) is 5.93. The zero-order valence-corrected chi connectivity index (χ0v) is 7.32. The van der Waals surface area contributed by atoms with Crippen molar-refractivity contribution in [1.29, 1.82) is 0 Å². The van der Waals surface area contributed by atoms with Crippen LogP contribution in [-0.4, -0.2) is 18.1 Å². The molecule has 0 radical (unpaired) electrons. The largest absolute Gasteiger partial charge is 0.391 e. The van der Waals surface area contributed by atoms with E-state index >= 15 is 0 Å². The minimum atomic E-state index is -4.09. The minimum absolute atomic E-state index is 0.0369. The number of hydrogen-bond acceptors (Lipinski definition) is 1. The molecule has 0 aliphatic heterocycles. The van der Waals surface area contributed by atoms with Crippen molar-refractivity contribution in [3.8, 4) is 0 Å². The van der Waals surface area contributed by atoms with Gasteiger partial charge in [-0.15, -0.1) is 0 Å². The third-order valence-electron chi connectivity index (χ3n) is 2.29. The molecule has 0 heterocycles. The summed E-state index contributed by atoms with van der Waals surface area (Å²) in [5.41, 5.74) is 0. The van der Waals surface area contributed by atoms with Gasteiger partial charge in [-0.2, -0.15) is 13.2 Å². The van der Waals surface area contributed by atoms with Crippen LogP contribution >= 0.6 is 0 Å². The third-order valence-corrected chi connectivity index (χ3v) is 2.29. The van der Waals surface area contributed by atoms with Crippen LogP contribution in [0.3, 0.4) is 0 Å². The molecule has 1 fully saturated rings. The molecule has 1 rings (SSSR count). The molecule has 1 N–H and O–H groups in total. The Labute approximate surface area is 74.5 Å². The molecule has 0 aromatic heterocycles. The highest BCUT2D eigenvalue weighted by atomic mass is 19.4. The van der Waals surface area contributed by atoms with E-state index in [1.54, 1.807) is 6.92 Å².